The van der Waals surface area contributed by atoms with Gasteiger partial charge in [-0.3, -0.25) is 4.72 Å². The Kier molecular flexibility index (Phi) is 4.11. The average molecular weight is 228 g/mol. The number of rotatable bonds is 5. The van der Waals surface area contributed by atoms with Crippen LogP contribution >= 0.6 is 0 Å². The standard InChI is InChI=1S/C10H16N2O2S/c1-3-8-11-15(13,14)12-10-6-4-9(2)5-7-10/h4-7,11-12H,3,8H2,1-2H3. The van der Waals surface area contributed by atoms with Crippen LogP contribution in [0, 0.1) is 6.92 Å². The van der Waals surface area contributed by atoms with Crippen molar-refractivity contribution in [2.45, 2.75) is 20.3 Å². The third-order valence-electron chi connectivity index (χ3n) is 1.85. The molecule has 84 valence electrons. The second-order valence-electron chi connectivity index (χ2n) is 3.37. The van der Waals surface area contributed by atoms with Crippen LogP contribution in [0.3, 0.4) is 0 Å². The summed E-state index contributed by atoms with van der Waals surface area (Å²) >= 11 is 0. The molecule has 5 heteroatoms. The molecule has 0 aliphatic carbocycles. The summed E-state index contributed by atoms with van der Waals surface area (Å²) in [7, 11) is -3.41. The number of aryl methyl sites for hydroxylation is 1. The van der Waals surface area contributed by atoms with Crippen LogP contribution in [-0.2, 0) is 10.2 Å². The van der Waals surface area contributed by atoms with Gasteiger partial charge in [0.25, 0.3) is 10.2 Å². The number of benzene rings is 1. The van der Waals surface area contributed by atoms with E-state index >= 15 is 0 Å². The number of hydrogen-bond donors (Lipinski definition) is 2. The fourth-order valence-electron chi connectivity index (χ4n) is 1.05. The third-order valence-corrected chi connectivity index (χ3v) is 2.93. The molecule has 0 aromatic heterocycles. The first kappa shape index (κ1) is 12.0. The molecule has 0 saturated carbocycles. The van der Waals surface area contributed by atoms with E-state index in [0.29, 0.717) is 12.2 Å². The van der Waals surface area contributed by atoms with Crippen molar-refractivity contribution in [3.05, 3.63) is 29.8 Å². The Morgan fingerprint density at radius 1 is 1.20 bits per heavy atom. The molecular weight excluding hydrogens is 212 g/mol. The van der Waals surface area contributed by atoms with Gasteiger partial charge >= 0.3 is 0 Å². The molecule has 1 aromatic carbocycles. The summed E-state index contributed by atoms with van der Waals surface area (Å²) in [4.78, 5) is 0. The molecule has 0 spiro atoms. The van der Waals surface area contributed by atoms with E-state index in [1.807, 2.05) is 26.0 Å². The van der Waals surface area contributed by atoms with Crippen molar-refractivity contribution in [3.63, 3.8) is 0 Å². The zero-order valence-electron chi connectivity index (χ0n) is 8.95. The monoisotopic (exact) mass is 228 g/mol. The van der Waals surface area contributed by atoms with Crippen LogP contribution in [0.2, 0.25) is 0 Å². The maximum absolute atomic E-state index is 11.4. The molecule has 1 aromatic rings. The van der Waals surface area contributed by atoms with Gasteiger partial charge < -0.3 is 0 Å². The molecule has 0 bridgehead atoms. The Balaban J connectivity index is 2.65. The molecule has 0 heterocycles. The van der Waals surface area contributed by atoms with Crippen LogP contribution in [0.15, 0.2) is 24.3 Å². The summed E-state index contributed by atoms with van der Waals surface area (Å²) in [5, 5.41) is 0. The lowest BCUT2D eigenvalue weighted by molar-refractivity contribution is 0.586. The summed E-state index contributed by atoms with van der Waals surface area (Å²) in [5.74, 6) is 0. The Morgan fingerprint density at radius 2 is 1.80 bits per heavy atom. The van der Waals surface area contributed by atoms with Gasteiger partial charge in [0.05, 0.1) is 0 Å². The summed E-state index contributed by atoms with van der Waals surface area (Å²) in [5.41, 5.74) is 1.67. The van der Waals surface area contributed by atoms with E-state index in [4.69, 9.17) is 0 Å². The van der Waals surface area contributed by atoms with Gasteiger partial charge in [-0.05, 0) is 25.5 Å². The van der Waals surface area contributed by atoms with Crippen molar-refractivity contribution in [3.8, 4) is 0 Å². The zero-order chi connectivity index (χ0) is 11.3. The van der Waals surface area contributed by atoms with Gasteiger partial charge in [-0.1, -0.05) is 24.6 Å². The lowest BCUT2D eigenvalue weighted by Crippen LogP contribution is -2.30. The summed E-state index contributed by atoms with van der Waals surface area (Å²) in [6.07, 6.45) is 0.773. The fraction of sp³-hybridized carbons (Fsp3) is 0.400. The Morgan fingerprint density at radius 3 is 2.33 bits per heavy atom. The topological polar surface area (TPSA) is 58.2 Å². The van der Waals surface area contributed by atoms with Gasteiger partial charge in [0.2, 0.25) is 0 Å². The first-order valence-corrected chi connectivity index (χ1v) is 6.36. The molecule has 4 nitrogen and oxygen atoms in total. The lowest BCUT2D eigenvalue weighted by Gasteiger charge is -2.08. The molecule has 0 atom stereocenters. The predicted octanol–water partition coefficient (Wildman–Crippen LogP) is 1.65. The zero-order valence-corrected chi connectivity index (χ0v) is 9.76. The molecule has 0 aliphatic heterocycles. The van der Waals surface area contributed by atoms with Crippen molar-refractivity contribution in [1.29, 1.82) is 0 Å². The van der Waals surface area contributed by atoms with E-state index in [1.165, 1.54) is 0 Å². The first-order valence-electron chi connectivity index (χ1n) is 4.87. The van der Waals surface area contributed by atoms with Crippen LogP contribution in [0.5, 0.6) is 0 Å². The van der Waals surface area contributed by atoms with Crippen molar-refractivity contribution in [2.75, 3.05) is 11.3 Å². The normalized spacial score (nSPS) is 11.3. The highest BCUT2D eigenvalue weighted by Crippen LogP contribution is 2.09. The van der Waals surface area contributed by atoms with E-state index in [9.17, 15) is 8.42 Å². The van der Waals surface area contributed by atoms with Crippen LogP contribution in [-0.4, -0.2) is 15.0 Å². The minimum Gasteiger partial charge on any atom is -0.271 e. The van der Waals surface area contributed by atoms with E-state index in [0.717, 1.165) is 12.0 Å². The Labute approximate surface area is 90.9 Å². The van der Waals surface area contributed by atoms with Crippen LogP contribution < -0.4 is 9.44 Å². The van der Waals surface area contributed by atoms with Crippen molar-refractivity contribution >= 4 is 15.9 Å². The van der Waals surface area contributed by atoms with Gasteiger partial charge in [0.1, 0.15) is 0 Å². The maximum atomic E-state index is 11.4. The summed E-state index contributed by atoms with van der Waals surface area (Å²) < 4.78 is 27.7. The molecule has 1 rings (SSSR count). The second kappa shape index (κ2) is 5.14. The average Bonchev–Trinajstić information content (AvgIpc) is 2.18. The summed E-state index contributed by atoms with van der Waals surface area (Å²) in [6.45, 7) is 4.31. The molecule has 0 unspecified atom stereocenters. The molecule has 2 N–H and O–H groups in total. The second-order valence-corrected chi connectivity index (χ2v) is 4.87. The smallest absolute Gasteiger partial charge is 0.271 e. The molecule has 0 aliphatic rings. The van der Waals surface area contributed by atoms with E-state index < -0.39 is 10.2 Å². The Hall–Kier alpha value is -1.07. The van der Waals surface area contributed by atoms with E-state index in [2.05, 4.69) is 9.44 Å². The summed E-state index contributed by atoms with van der Waals surface area (Å²) in [6, 6.07) is 7.19. The molecule has 0 radical (unpaired) electrons. The van der Waals surface area contributed by atoms with Gasteiger partial charge in [0, 0.05) is 12.2 Å². The quantitative estimate of drug-likeness (QED) is 0.805. The highest BCUT2D eigenvalue weighted by atomic mass is 32.2. The van der Waals surface area contributed by atoms with Crippen molar-refractivity contribution < 1.29 is 8.42 Å². The highest BCUT2D eigenvalue weighted by molar-refractivity contribution is 7.90. The highest BCUT2D eigenvalue weighted by Gasteiger charge is 2.07. The van der Waals surface area contributed by atoms with E-state index in [1.54, 1.807) is 12.1 Å². The lowest BCUT2D eigenvalue weighted by atomic mass is 10.2. The minimum absolute atomic E-state index is 0.446. The van der Waals surface area contributed by atoms with Gasteiger partial charge in [-0.2, -0.15) is 13.1 Å². The van der Waals surface area contributed by atoms with Crippen LogP contribution in [0.4, 0.5) is 5.69 Å². The molecule has 0 amide bonds. The Bertz CT molecular complexity index is 398. The predicted molar refractivity (Wildman–Crippen MR) is 62.0 cm³/mol. The fourth-order valence-corrected chi connectivity index (χ4v) is 2.04. The van der Waals surface area contributed by atoms with Gasteiger partial charge in [-0.25, -0.2) is 0 Å². The van der Waals surface area contributed by atoms with Crippen LogP contribution in [0.1, 0.15) is 18.9 Å². The van der Waals surface area contributed by atoms with Crippen molar-refractivity contribution in [1.82, 2.24) is 4.72 Å². The number of nitrogens with one attached hydrogen (secondary N) is 2. The minimum atomic E-state index is -3.41. The van der Waals surface area contributed by atoms with E-state index in [-0.39, 0.29) is 0 Å². The third kappa shape index (κ3) is 4.31. The van der Waals surface area contributed by atoms with Gasteiger partial charge in [-0.15, -0.1) is 0 Å². The molecule has 0 saturated heterocycles. The molecule has 15 heavy (non-hydrogen) atoms. The van der Waals surface area contributed by atoms with Crippen LogP contribution in [0.25, 0.3) is 0 Å². The maximum Gasteiger partial charge on any atom is 0.299 e. The number of hydrogen-bond acceptors (Lipinski definition) is 2. The van der Waals surface area contributed by atoms with Crippen molar-refractivity contribution in [2.24, 2.45) is 0 Å². The van der Waals surface area contributed by atoms with Gasteiger partial charge in [0.15, 0.2) is 0 Å². The number of anilines is 1. The SMILES string of the molecule is CCCNS(=O)(=O)Nc1ccc(C)cc1. The molecular formula is C10H16N2O2S. The largest absolute Gasteiger partial charge is 0.299 e. The first-order chi connectivity index (χ1) is 7.03. The molecule has 0 fully saturated rings.